The summed E-state index contributed by atoms with van der Waals surface area (Å²) in [6, 6.07) is 62.5. The summed E-state index contributed by atoms with van der Waals surface area (Å²) in [5.74, 6) is 0.391. The smallest absolute Gasteiger partial charge is 0.252 e. The van der Waals surface area contributed by atoms with Crippen molar-refractivity contribution in [3.05, 3.63) is 192 Å². The molecule has 2 aliphatic heterocycles. The predicted molar refractivity (Wildman–Crippen MR) is 311 cm³/mol. The first kappa shape index (κ1) is 47.4. The Balaban J connectivity index is 1.31. The Hall–Kier alpha value is -6.98. The van der Waals surface area contributed by atoms with Crippen LogP contribution in [0.4, 0.5) is 51.2 Å². The zero-order chi connectivity index (χ0) is 50.8. The highest BCUT2D eigenvalue weighted by Gasteiger charge is 2.45. The minimum absolute atomic E-state index is 0.0428. The molecule has 0 radical (unpaired) electrons. The summed E-state index contributed by atoms with van der Waals surface area (Å²) < 4.78 is 6.96. The second kappa shape index (κ2) is 16.8. The summed E-state index contributed by atoms with van der Waals surface area (Å²) >= 11 is 0. The molecule has 4 nitrogen and oxygen atoms in total. The summed E-state index contributed by atoms with van der Waals surface area (Å²) in [6.45, 7) is 32.4. The minimum atomic E-state index is -0.0770. The molecule has 0 bridgehead atoms. The van der Waals surface area contributed by atoms with Gasteiger partial charge in [-0.2, -0.15) is 0 Å². The van der Waals surface area contributed by atoms with Crippen LogP contribution in [-0.2, 0) is 21.7 Å². The minimum Gasteiger partial charge on any atom is -0.454 e. The normalized spacial score (nSPS) is 13.7. The predicted octanol–water partition coefficient (Wildman–Crippen LogP) is 17.5. The molecule has 0 saturated heterocycles. The van der Waals surface area contributed by atoms with Gasteiger partial charge in [-0.25, -0.2) is 0 Å². The molecule has 3 heterocycles. The van der Waals surface area contributed by atoms with E-state index < -0.39 is 0 Å². The molecule has 0 fully saturated rings. The molecule has 9 aromatic rings. The third-order valence-electron chi connectivity index (χ3n) is 15.4. The standard InChI is InChI=1S/C67H70BN3O/c1-42(2)43-28-32-48(33-29-43)69(56-26-19-25-53-52-24-15-16-27-61(52)72-63(53)56)51-40-59-62-60(41-51)71(50-23-18-21-45(37-50)65(6,7)8)58-39-47(67(12,13)14)31-35-55(58)68(62)54-34-30-46(66(9,10)11)38-57(54)70(59)49-22-17-20-44(36-49)64(3,4)5/h15-42H,1-14H3. The largest absolute Gasteiger partial charge is 0.454 e. The van der Waals surface area contributed by atoms with Gasteiger partial charge in [-0.3, -0.25) is 0 Å². The number of hydrogen-bond donors (Lipinski definition) is 0. The first-order valence-electron chi connectivity index (χ1n) is 26.1. The van der Waals surface area contributed by atoms with Crippen molar-refractivity contribution >= 4 is 96.2 Å². The monoisotopic (exact) mass is 944 g/mol. The third kappa shape index (κ3) is 8.01. The van der Waals surface area contributed by atoms with E-state index in [0.717, 1.165) is 50.4 Å². The van der Waals surface area contributed by atoms with Crippen LogP contribution in [0.2, 0.25) is 0 Å². The lowest BCUT2D eigenvalue weighted by Crippen LogP contribution is -2.61. The molecule has 0 spiro atoms. The van der Waals surface area contributed by atoms with Crippen LogP contribution in [0.25, 0.3) is 21.9 Å². The first-order chi connectivity index (χ1) is 34.1. The van der Waals surface area contributed by atoms with Crippen LogP contribution < -0.4 is 31.1 Å². The van der Waals surface area contributed by atoms with Gasteiger partial charge < -0.3 is 19.1 Å². The molecule has 72 heavy (non-hydrogen) atoms. The SMILES string of the molecule is CC(C)c1ccc(N(c2cc3c4c(c2)N(c2cccc(C(C)(C)C)c2)c2cc(C(C)(C)C)ccc2B4c2ccc(C(C)(C)C)cc2N3c2cccc(C(C)(C)C)c2)c2cccc3c2oc2ccccc23)cc1. The highest BCUT2D eigenvalue weighted by Crippen LogP contribution is 2.51. The Morgan fingerprint density at radius 3 is 1.40 bits per heavy atom. The average molecular weight is 944 g/mol. The fraction of sp³-hybridized carbons (Fsp3) is 0.284. The maximum Gasteiger partial charge on any atom is 0.252 e. The van der Waals surface area contributed by atoms with Crippen LogP contribution in [0.15, 0.2) is 168 Å². The van der Waals surface area contributed by atoms with E-state index in [1.54, 1.807) is 0 Å². The van der Waals surface area contributed by atoms with Gasteiger partial charge in [-0.1, -0.05) is 188 Å². The molecule has 0 atom stereocenters. The van der Waals surface area contributed by atoms with Gasteiger partial charge in [-0.05, 0) is 145 Å². The van der Waals surface area contributed by atoms with Gasteiger partial charge in [-0.15, -0.1) is 0 Å². The van der Waals surface area contributed by atoms with Crippen molar-refractivity contribution in [1.29, 1.82) is 0 Å². The molecule has 5 heteroatoms. The van der Waals surface area contributed by atoms with E-state index >= 15 is 0 Å². The molecule has 1 aromatic heterocycles. The summed E-state index contributed by atoms with van der Waals surface area (Å²) in [5, 5.41) is 2.21. The van der Waals surface area contributed by atoms with Crippen LogP contribution in [0.3, 0.4) is 0 Å². The van der Waals surface area contributed by atoms with E-state index in [1.807, 2.05) is 0 Å². The molecule has 0 N–H and O–H groups in total. The second-order valence-corrected chi connectivity index (χ2v) is 25.0. The molecular formula is C67H70BN3O. The molecule has 0 saturated carbocycles. The van der Waals surface area contributed by atoms with Crippen LogP contribution in [-0.4, -0.2) is 6.71 Å². The Kier molecular flexibility index (Phi) is 11.1. The lowest BCUT2D eigenvalue weighted by atomic mass is 9.33. The Bertz CT molecular complexity index is 3420. The summed E-state index contributed by atoms with van der Waals surface area (Å²) in [4.78, 5) is 7.65. The molecule has 0 unspecified atom stereocenters. The highest BCUT2D eigenvalue weighted by molar-refractivity contribution is 7.00. The second-order valence-electron chi connectivity index (χ2n) is 25.0. The number of fused-ring (bicyclic) bond motifs is 7. The third-order valence-corrected chi connectivity index (χ3v) is 15.4. The lowest BCUT2D eigenvalue weighted by Gasteiger charge is -2.46. The Labute approximate surface area is 429 Å². The van der Waals surface area contributed by atoms with Crippen molar-refractivity contribution in [3.63, 3.8) is 0 Å². The van der Waals surface area contributed by atoms with E-state index in [4.69, 9.17) is 4.42 Å². The van der Waals surface area contributed by atoms with Crippen LogP contribution in [0.5, 0.6) is 0 Å². The Morgan fingerprint density at radius 2 is 0.903 bits per heavy atom. The van der Waals surface area contributed by atoms with E-state index in [1.165, 1.54) is 67.0 Å². The van der Waals surface area contributed by atoms with Crippen molar-refractivity contribution < 1.29 is 4.42 Å². The fourth-order valence-electron chi connectivity index (χ4n) is 11.2. The molecule has 362 valence electrons. The van der Waals surface area contributed by atoms with E-state index in [-0.39, 0.29) is 28.4 Å². The van der Waals surface area contributed by atoms with E-state index in [2.05, 4.69) is 275 Å². The van der Waals surface area contributed by atoms with Crippen LogP contribution in [0.1, 0.15) is 131 Å². The number of anilines is 9. The van der Waals surface area contributed by atoms with Gasteiger partial charge in [0, 0.05) is 50.6 Å². The quantitative estimate of drug-likeness (QED) is 0.155. The lowest BCUT2D eigenvalue weighted by molar-refractivity contribution is 0.589. The fourth-order valence-corrected chi connectivity index (χ4v) is 11.2. The van der Waals surface area contributed by atoms with E-state index in [9.17, 15) is 0 Å². The number of hydrogen-bond acceptors (Lipinski definition) is 4. The number of para-hydroxylation sites is 2. The highest BCUT2D eigenvalue weighted by atomic mass is 16.3. The van der Waals surface area contributed by atoms with E-state index in [0.29, 0.717) is 5.92 Å². The average Bonchev–Trinajstić information content (AvgIpc) is 3.72. The zero-order valence-corrected chi connectivity index (χ0v) is 45.0. The molecule has 8 aromatic carbocycles. The molecule has 2 aliphatic rings. The van der Waals surface area contributed by atoms with Crippen molar-refractivity contribution in [2.45, 2.75) is 125 Å². The van der Waals surface area contributed by atoms with Crippen LogP contribution >= 0.6 is 0 Å². The summed E-state index contributed by atoms with van der Waals surface area (Å²) in [5.41, 5.74) is 22.1. The Morgan fingerprint density at radius 1 is 0.431 bits per heavy atom. The number of furan rings is 1. The molecule has 0 aliphatic carbocycles. The molecule has 0 amide bonds. The van der Waals surface area contributed by atoms with Gasteiger partial charge in [0.05, 0.1) is 11.4 Å². The van der Waals surface area contributed by atoms with Crippen molar-refractivity contribution in [2.75, 3.05) is 14.7 Å². The maximum atomic E-state index is 6.96. The number of benzene rings is 8. The van der Waals surface area contributed by atoms with Gasteiger partial charge >= 0.3 is 0 Å². The molecule has 11 rings (SSSR count). The van der Waals surface area contributed by atoms with Crippen LogP contribution in [0, 0.1) is 0 Å². The topological polar surface area (TPSA) is 22.9 Å². The van der Waals surface area contributed by atoms with Crippen molar-refractivity contribution in [2.24, 2.45) is 0 Å². The summed E-state index contributed by atoms with van der Waals surface area (Å²) in [6.07, 6.45) is 0. The van der Waals surface area contributed by atoms with Crippen molar-refractivity contribution in [3.8, 4) is 0 Å². The number of rotatable bonds is 6. The van der Waals surface area contributed by atoms with Gasteiger partial charge in [0.15, 0.2) is 5.58 Å². The first-order valence-corrected chi connectivity index (χ1v) is 26.1. The van der Waals surface area contributed by atoms with Gasteiger partial charge in [0.2, 0.25) is 0 Å². The maximum absolute atomic E-state index is 6.96. The molecular weight excluding hydrogens is 874 g/mol. The number of nitrogens with zero attached hydrogens (tertiary/aromatic N) is 3. The van der Waals surface area contributed by atoms with Crippen molar-refractivity contribution in [1.82, 2.24) is 0 Å². The zero-order valence-electron chi connectivity index (χ0n) is 45.0. The van der Waals surface area contributed by atoms with Gasteiger partial charge in [0.25, 0.3) is 6.71 Å². The summed E-state index contributed by atoms with van der Waals surface area (Å²) in [7, 11) is 0. The van der Waals surface area contributed by atoms with Gasteiger partial charge in [0.1, 0.15) is 5.58 Å².